The Kier molecular flexibility index (Phi) is 3.47. The minimum atomic E-state index is -0.269. The van der Waals surface area contributed by atoms with Crippen LogP contribution in [-0.2, 0) is 0 Å². The fraction of sp³-hybridized carbons (Fsp3) is 0.500. The van der Waals surface area contributed by atoms with Gasteiger partial charge in [-0.25, -0.2) is 0 Å². The lowest BCUT2D eigenvalue weighted by Crippen LogP contribution is -2.10. The molecule has 4 heteroatoms. The van der Waals surface area contributed by atoms with E-state index in [2.05, 4.69) is 15.5 Å². The molecule has 0 aromatic carbocycles. The van der Waals surface area contributed by atoms with E-state index in [4.69, 9.17) is 5.11 Å². The van der Waals surface area contributed by atoms with Crippen LogP contribution < -0.4 is 5.32 Å². The van der Waals surface area contributed by atoms with Gasteiger partial charge in [-0.15, -0.1) is 5.10 Å². The van der Waals surface area contributed by atoms with E-state index in [9.17, 15) is 0 Å². The molecule has 12 heavy (non-hydrogen) atoms. The Labute approximate surface area is 71.6 Å². The van der Waals surface area contributed by atoms with Crippen LogP contribution in [0.5, 0.6) is 0 Å². The van der Waals surface area contributed by atoms with E-state index in [0.717, 1.165) is 18.8 Å². The van der Waals surface area contributed by atoms with Gasteiger partial charge in [0.25, 0.3) is 0 Å². The molecule has 4 nitrogen and oxygen atoms in total. The first-order valence-corrected chi connectivity index (χ1v) is 3.98. The summed E-state index contributed by atoms with van der Waals surface area (Å²) < 4.78 is 0. The predicted octanol–water partition coefficient (Wildman–Crippen LogP) is 0.659. The number of aromatic nitrogens is 2. The third-order valence-corrected chi connectivity index (χ3v) is 1.44. The molecule has 0 unspecified atom stereocenters. The van der Waals surface area contributed by atoms with Crippen molar-refractivity contribution in [1.82, 2.24) is 10.2 Å². The first kappa shape index (κ1) is 8.93. The minimum absolute atomic E-state index is 0.269. The summed E-state index contributed by atoms with van der Waals surface area (Å²) in [7, 11) is 0. The van der Waals surface area contributed by atoms with E-state index in [-0.39, 0.29) is 6.10 Å². The molecule has 2 N–H and O–H groups in total. The van der Waals surface area contributed by atoms with Crippen molar-refractivity contribution in [3.8, 4) is 0 Å². The van der Waals surface area contributed by atoms with Gasteiger partial charge in [-0.1, -0.05) is 0 Å². The summed E-state index contributed by atoms with van der Waals surface area (Å²) in [6, 6.07) is 3.66. The molecule has 0 bridgehead atoms. The van der Waals surface area contributed by atoms with Gasteiger partial charge in [0.15, 0.2) is 0 Å². The Morgan fingerprint density at radius 1 is 1.67 bits per heavy atom. The van der Waals surface area contributed by atoms with Crippen molar-refractivity contribution in [2.75, 3.05) is 11.9 Å². The molecule has 0 saturated carbocycles. The van der Waals surface area contributed by atoms with Crippen molar-refractivity contribution < 1.29 is 5.11 Å². The van der Waals surface area contributed by atoms with Gasteiger partial charge in [0.05, 0.1) is 6.10 Å². The van der Waals surface area contributed by atoms with Crippen LogP contribution in [0.4, 0.5) is 5.82 Å². The zero-order valence-corrected chi connectivity index (χ0v) is 7.07. The highest BCUT2D eigenvalue weighted by Gasteiger charge is 1.95. The Morgan fingerprint density at radius 2 is 2.50 bits per heavy atom. The average molecular weight is 167 g/mol. The van der Waals surface area contributed by atoms with Crippen molar-refractivity contribution in [1.29, 1.82) is 0 Å². The molecule has 0 aliphatic carbocycles. The maximum Gasteiger partial charge on any atom is 0.148 e. The fourth-order valence-corrected chi connectivity index (χ4v) is 0.805. The first-order chi connectivity index (χ1) is 5.79. The lowest BCUT2D eigenvalue weighted by Gasteiger charge is -2.05. The second-order valence-corrected chi connectivity index (χ2v) is 2.67. The average Bonchev–Trinajstić information content (AvgIpc) is 2.05. The van der Waals surface area contributed by atoms with E-state index < -0.39 is 0 Å². The summed E-state index contributed by atoms with van der Waals surface area (Å²) in [5.41, 5.74) is 0. The molecule has 0 saturated heterocycles. The summed E-state index contributed by atoms with van der Waals surface area (Å²) >= 11 is 0. The van der Waals surface area contributed by atoms with Crippen molar-refractivity contribution in [3.05, 3.63) is 18.3 Å². The van der Waals surface area contributed by atoms with Crippen LogP contribution in [0.3, 0.4) is 0 Å². The third-order valence-electron chi connectivity index (χ3n) is 1.44. The van der Waals surface area contributed by atoms with Crippen LogP contribution in [0.1, 0.15) is 13.3 Å². The molecule has 1 heterocycles. The summed E-state index contributed by atoms with van der Waals surface area (Å²) in [6.45, 7) is 2.48. The van der Waals surface area contributed by atoms with Gasteiger partial charge >= 0.3 is 0 Å². The molecular formula is C8H13N3O. The number of aliphatic hydroxyl groups excluding tert-OH is 1. The number of rotatable bonds is 4. The van der Waals surface area contributed by atoms with Crippen molar-refractivity contribution in [2.45, 2.75) is 19.4 Å². The zero-order valence-electron chi connectivity index (χ0n) is 7.07. The van der Waals surface area contributed by atoms with Crippen molar-refractivity contribution >= 4 is 5.82 Å². The standard InChI is InChI=1S/C8H13N3O/c1-7(12)4-6-9-8-3-2-5-10-11-8/h2-3,5,7,12H,4,6H2,1H3,(H,9,11)/t7-/m0/s1. The number of anilines is 1. The summed E-state index contributed by atoms with van der Waals surface area (Å²) in [6.07, 6.45) is 2.07. The van der Waals surface area contributed by atoms with Crippen LogP contribution in [-0.4, -0.2) is 28.0 Å². The Bertz CT molecular complexity index is 213. The third kappa shape index (κ3) is 3.30. The molecule has 1 aromatic heterocycles. The Hall–Kier alpha value is -1.16. The first-order valence-electron chi connectivity index (χ1n) is 3.98. The number of nitrogens with one attached hydrogen (secondary N) is 1. The maximum absolute atomic E-state index is 8.95. The smallest absolute Gasteiger partial charge is 0.148 e. The molecule has 0 fully saturated rings. The van der Waals surface area contributed by atoms with Crippen LogP contribution >= 0.6 is 0 Å². The second-order valence-electron chi connectivity index (χ2n) is 2.67. The van der Waals surface area contributed by atoms with E-state index >= 15 is 0 Å². The van der Waals surface area contributed by atoms with Gasteiger partial charge in [-0.3, -0.25) is 0 Å². The van der Waals surface area contributed by atoms with Crippen molar-refractivity contribution in [3.63, 3.8) is 0 Å². The van der Waals surface area contributed by atoms with Gasteiger partial charge < -0.3 is 10.4 Å². The van der Waals surface area contributed by atoms with Crippen LogP contribution in [0.2, 0.25) is 0 Å². The van der Waals surface area contributed by atoms with Crippen LogP contribution in [0.15, 0.2) is 18.3 Å². The lowest BCUT2D eigenvalue weighted by molar-refractivity contribution is 0.188. The molecule has 0 aliphatic rings. The van der Waals surface area contributed by atoms with Gasteiger partial charge in [-0.05, 0) is 25.5 Å². The van der Waals surface area contributed by atoms with E-state index in [1.165, 1.54) is 0 Å². The predicted molar refractivity (Wildman–Crippen MR) is 46.8 cm³/mol. The summed E-state index contributed by atoms with van der Waals surface area (Å²) in [5.74, 6) is 0.748. The minimum Gasteiger partial charge on any atom is -0.393 e. The quantitative estimate of drug-likeness (QED) is 0.691. The molecule has 0 spiro atoms. The highest BCUT2D eigenvalue weighted by Crippen LogP contribution is 1.98. The molecule has 1 atom stereocenters. The Balaban J connectivity index is 2.25. The highest BCUT2D eigenvalue weighted by molar-refractivity contribution is 5.30. The second kappa shape index (κ2) is 4.66. The number of hydrogen-bond acceptors (Lipinski definition) is 4. The largest absolute Gasteiger partial charge is 0.393 e. The zero-order chi connectivity index (χ0) is 8.81. The van der Waals surface area contributed by atoms with Gasteiger partial charge in [0.1, 0.15) is 5.82 Å². The molecule has 66 valence electrons. The van der Waals surface area contributed by atoms with Gasteiger partial charge in [-0.2, -0.15) is 5.10 Å². The maximum atomic E-state index is 8.95. The number of aliphatic hydroxyl groups is 1. The SMILES string of the molecule is C[C@H](O)CCNc1cccnn1. The molecule has 1 rings (SSSR count). The van der Waals surface area contributed by atoms with Gasteiger partial charge in [0.2, 0.25) is 0 Å². The lowest BCUT2D eigenvalue weighted by atomic mass is 10.3. The van der Waals surface area contributed by atoms with Crippen molar-refractivity contribution in [2.24, 2.45) is 0 Å². The molecule has 0 radical (unpaired) electrons. The highest BCUT2D eigenvalue weighted by atomic mass is 16.3. The van der Waals surface area contributed by atoms with Crippen LogP contribution in [0.25, 0.3) is 0 Å². The summed E-state index contributed by atoms with van der Waals surface area (Å²) in [4.78, 5) is 0. The van der Waals surface area contributed by atoms with Crippen LogP contribution in [0, 0.1) is 0 Å². The number of hydrogen-bond donors (Lipinski definition) is 2. The number of nitrogens with zero attached hydrogens (tertiary/aromatic N) is 2. The van der Waals surface area contributed by atoms with E-state index in [0.29, 0.717) is 0 Å². The molecular weight excluding hydrogens is 154 g/mol. The van der Waals surface area contributed by atoms with E-state index in [1.54, 1.807) is 13.1 Å². The molecule has 1 aromatic rings. The topological polar surface area (TPSA) is 58.0 Å². The fourth-order valence-electron chi connectivity index (χ4n) is 0.805. The summed E-state index contributed by atoms with van der Waals surface area (Å²) in [5, 5.41) is 19.5. The Morgan fingerprint density at radius 3 is 3.08 bits per heavy atom. The normalized spacial score (nSPS) is 12.5. The van der Waals surface area contributed by atoms with Gasteiger partial charge in [0, 0.05) is 12.7 Å². The molecule has 0 amide bonds. The monoisotopic (exact) mass is 167 g/mol. The van der Waals surface area contributed by atoms with E-state index in [1.807, 2.05) is 12.1 Å². The molecule has 0 aliphatic heterocycles.